The number of benzene rings is 1. The number of anilines is 2. The molecule has 2 aromatic heterocycles. The van der Waals surface area contributed by atoms with Crippen molar-refractivity contribution in [3.05, 3.63) is 45.4 Å². The van der Waals surface area contributed by atoms with Gasteiger partial charge in [0.1, 0.15) is 0 Å². The van der Waals surface area contributed by atoms with Crippen molar-refractivity contribution in [2.45, 2.75) is 18.4 Å². The summed E-state index contributed by atoms with van der Waals surface area (Å²) in [6.45, 7) is 3.41. The van der Waals surface area contributed by atoms with Gasteiger partial charge in [-0.1, -0.05) is 0 Å². The van der Waals surface area contributed by atoms with Crippen LogP contribution in [-0.2, 0) is 30.7 Å². The zero-order valence-corrected chi connectivity index (χ0v) is 19.0. The zero-order valence-electron chi connectivity index (χ0n) is 18.2. The van der Waals surface area contributed by atoms with E-state index in [2.05, 4.69) is 15.6 Å². The van der Waals surface area contributed by atoms with Crippen molar-refractivity contribution in [3.8, 4) is 0 Å². The van der Waals surface area contributed by atoms with Crippen LogP contribution in [0.25, 0.3) is 11.2 Å². The normalized spacial score (nSPS) is 11.9. The highest BCUT2D eigenvalue weighted by Crippen LogP contribution is 2.26. The molecule has 0 aliphatic heterocycles. The van der Waals surface area contributed by atoms with Crippen molar-refractivity contribution in [1.82, 2.24) is 23.0 Å². The smallest absolute Gasteiger partial charge is 0.332 e. The Morgan fingerprint density at radius 3 is 2.42 bits per heavy atom. The number of fused-ring (bicyclic) bond motifs is 1. The summed E-state index contributed by atoms with van der Waals surface area (Å²) in [6, 6.07) is 4.87. The Bertz CT molecular complexity index is 1340. The number of hydrogen-bond donors (Lipinski definition) is 2. The topological polar surface area (TPSA) is 123 Å². The highest BCUT2D eigenvalue weighted by molar-refractivity contribution is 7.89. The van der Waals surface area contributed by atoms with Gasteiger partial charge in [-0.15, -0.1) is 0 Å². The molecule has 31 heavy (non-hydrogen) atoms. The van der Waals surface area contributed by atoms with Crippen LogP contribution < -0.4 is 21.9 Å². The van der Waals surface area contributed by atoms with Crippen LogP contribution in [0, 0.1) is 0 Å². The second kappa shape index (κ2) is 8.55. The highest BCUT2D eigenvalue weighted by atomic mass is 32.2. The third-order valence-electron chi connectivity index (χ3n) is 5.02. The predicted molar refractivity (Wildman–Crippen MR) is 120 cm³/mol. The molecular weight excluding hydrogens is 422 g/mol. The SMILES string of the molecule is CCNc1ccc(S(=O)(=O)N(C)C)cc1NCCn1cnc2c1c(=O)n(C)c(=O)n2C. The first kappa shape index (κ1) is 22.6. The quantitative estimate of drug-likeness (QED) is 0.504. The zero-order chi connectivity index (χ0) is 22.9. The van der Waals surface area contributed by atoms with Gasteiger partial charge < -0.3 is 15.2 Å². The van der Waals surface area contributed by atoms with E-state index in [9.17, 15) is 18.0 Å². The summed E-state index contributed by atoms with van der Waals surface area (Å²) in [6.07, 6.45) is 1.52. The van der Waals surface area contributed by atoms with Crippen LogP contribution in [0.4, 0.5) is 11.4 Å². The maximum Gasteiger partial charge on any atom is 0.332 e. The Kier molecular flexibility index (Phi) is 6.23. The molecule has 0 amide bonds. The summed E-state index contributed by atoms with van der Waals surface area (Å²) in [5, 5.41) is 6.45. The number of hydrogen-bond acceptors (Lipinski definition) is 7. The average molecular weight is 450 g/mol. The number of nitrogens with one attached hydrogen (secondary N) is 2. The Labute approximate surface area is 180 Å². The van der Waals surface area contributed by atoms with E-state index in [-0.39, 0.29) is 4.90 Å². The van der Waals surface area contributed by atoms with Crippen LogP contribution >= 0.6 is 0 Å². The van der Waals surface area contributed by atoms with E-state index in [0.717, 1.165) is 14.6 Å². The lowest BCUT2D eigenvalue weighted by atomic mass is 10.2. The summed E-state index contributed by atoms with van der Waals surface area (Å²) >= 11 is 0. The molecule has 0 atom stereocenters. The van der Waals surface area contributed by atoms with Crippen LogP contribution in [0.15, 0.2) is 39.0 Å². The molecule has 3 aromatic rings. The van der Waals surface area contributed by atoms with Crippen LogP contribution in [0.1, 0.15) is 6.92 Å². The fourth-order valence-electron chi connectivity index (χ4n) is 3.26. The summed E-state index contributed by atoms with van der Waals surface area (Å²) in [5.41, 5.74) is 1.21. The predicted octanol–water partition coefficient (Wildman–Crippen LogP) is 0.228. The second-order valence-corrected chi connectivity index (χ2v) is 9.42. The van der Waals surface area contributed by atoms with Crippen molar-refractivity contribution in [2.75, 3.05) is 37.8 Å². The monoisotopic (exact) mass is 449 g/mol. The third kappa shape index (κ3) is 4.08. The molecule has 0 saturated carbocycles. The molecule has 0 aliphatic carbocycles. The molecule has 0 spiro atoms. The van der Waals surface area contributed by atoms with Gasteiger partial charge in [-0.3, -0.25) is 13.9 Å². The molecule has 11 nitrogen and oxygen atoms in total. The molecule has 168 valence electrons. The van der Waals surface area contributed by atoms with E-state index >= 15 is 0 Å². The van der Waals surface area contributed by atoms with E-state index < -0.39 is 21.3 Å². The molecule has 0 saturated heterocycles. The molecule has 2 heterocycles. The van der Waals surface area contributed by atoms with E-state index in [1.54, 1.807) is 29.8 Å². The molecule has 12 heteroatoms. The van der Waals surface area contributed by atoms with Crippen LogP contribution in [0.5, 0.6) is 0 Å². The first-order valence-electron chi connectivity index (χ1n) is 9.74. The van der Waals surface area contributed by atoms with Crippen LogP contribution in [-0.4, -0.2) is 58.6 Å². The Balaban J connectivity index is 1.90. The van der Waals surface area contributed by atoms with E-state index in [4.69, 9.17) is 0 Å². The van der Waals surface area contributed by atoms with Crippen molar-refractivity contribution >= 4 is 32.6 Å². The second-order valence-electron chi connectivity index (χ2n) is 7.27. The van der Waals surface area contributed by atoms with E-state index in [0.29, 0.717) is 36.5 Å². The highest BCUT2D eigenvalue weighted by Gasteiger charge is 2.19. The van der Waals surface area contributed by atoms with Gasteiger partial charge >= 0.3 is 5.69 Å². The lowest BCUT2D eigenvalue weighted by molar-refractivity contribution is 0.521. The third-order valence-corrected chi connectivity index (χ3v) is 6.83. The number of aromatic nitrogens is 4. The largest absolute Gasteiger partial charge is 0.384 e. The Morgan fingerprint density at radius 2 is 1.77 bits per heavy atom. The minimum Gasteiger partial charge on any atom is -0.384 e. The number of imidazole rings is 1. The van der Waals surface area contributed by atoms with E-state index in [1.165, 1.54) is 32.0 Å². The van der Waals surface area contributed by atoms with Gasteiger partial charge in [0.25, 0.3) is 5.56 Å². The van der Waals surface area contributed by atoms with Gasteiger partial charge in [0.2, 0.25) is 10.0 Å². The summed E-state index contributed by atoms with van der Waals surface area (Å²) in [4.78, 5) is 29.0. The standard InChI is InChI=1S/C19H27N7O4S/c1-6-20-14-8-7-13(31(29,30)23(2)3)11-15(14)21-9-10-26-12-22-17-16(26)18(27)25(5)19(28)24(17)4/h7-8,11-12,20-21H,6,9-10H2,1-5H3. The fraction of sp³-hybridized carbons (Fsp3) is 0.421. The number of sulfonamides is 1. The number of nitrogens with zero attached hydrogens (tertiary/aromatic N) is 5. The number of aryl methyl sites for hydroxylation is 1. The van der Waals surface area contributed by atoms with Crippen molar-refractivity contribution in [2.24, 2.45) is 14.1 Å². The lowest BCUT2D eigenvalue weighted by Crippen LogP contribution is -2.37. The Hall–Kier alpha value is -3.12. The maximum atomic E-state index is 12.6. The maximum absolute atomic E-state index is 12.6. The van der Waals surface area contributed by atoms with Crippen LogP contribution in [0.2, 0.25) is 0 Å². The van der Waals surface area contributed by atoms with Gasteiger partial charge in [0, 0.05) is 47.8 Å². The average Bonchev–Trinajstić information content (AvgIpc) is 3.15. The van der Waals surface area contributed by atoms with Crippen molar-refractivity contribution < 1.29 is 8.42 Å². The molecule has 0 unspecified atom stereocenters. The minimum atomic E-state index is -3.57. The Morgan fingerprint density at radius 1 is 1.06 bits per heavy atom. The summed E-state index contributed by atoms with van der Waals surface area (Å²) in [5.74, 6) is 0. The first-order chi connectivity index (χ1) is 14.6. The minimum absolute atomic E-state index is 0.179. The van der Waals surface area contributed by atoms with Crippen molar-refractivity contribution in [1.29, 1.82) is 0 Å². The molecule has 1 aromatic carbocycles. The molecule has 2 N–H and O–H groups in total. The summed E-state index contributed by atoms with van der Waals surface area (Å²) in [7, 11) is 2.39. The number of rotatable bonds is 8. The molecule has 0 fully saturated rings. The summed E-state index contributed by atoms with van der Waals surface area (Å²) < 4.78 is 30.2. The first-order valence-corrected chi connectivity index (χ1v) is 11.2. The van der Waals surface area contributed by atoms with Gasteiger partial charge in [-0.25, -0.2) is 22.5 Å². The molecular formula is C19H27N7O4S. The lowest BCUT2D eigenvalue weighted by Gasteiger charge is -2.17. The van der Waals surface area contributed by atoms with E-state index in [1.807, 2.05) is 6.92 Å². The van der Waals surface area contributed by atoms with Gasteiger partial charge in [0.15, 0.2) is 11.2 Å². The molecule has 0 bridgehead atoms. The molecule has 0 aliphatic rings. The van der Waals surface area contributed by atoms with Crippen LogP contribution in [0.3, 0.4) is 0 Å². The van der Waals surface area contributed by atoms with Gasteiger partial charge in [-0.2, -0.15) is 0 Å². The molecule has 0 radical (unpaired) electrons. The van der Waals surface area contributed by atoms with Gasteiger partial charge in [0.05, 0.1) is 22.6 Å². The van der Waals surface area contributed by atoms with Crippen molar-refractivity contribution in [3.63, 3.8) is 0 Å². The fourth-order valence-corrected chi connectivity index (χ4v) is 4.19. The van der Waals surface area contributed by atoms with Gasteiger partial charge in [-0.05, 0) is 25.1 Å². The molecule has 3 rings (SSSR count).